The Hall–Kier alpha value is -2.61. The van der Waals surface area contributed by atoms with E-state index < -0.39 is 5.97 Å². The molecule has 0 bridgehead atoms. The Balaban J connectivity index is 2.09. The van der Waals surface area contributed by atoms with E-state index in [4.69, 9.17) is 44.9 Å². The summed E-state index contributed by atoms with van der Waals surface area (Å²) in [5.41, 5.74) is 3.58. The van der Waals surface area contributed by atoms with Crippen LogP contribution in [0.15, 0.2) is 54.2 Å². The molecule has 9 heteroatoms. The van der Waals surface area contributed by atoms with Gasteiger partial charge in [-0.2, -0.15) is 5.10 Å². The maximum Gasteiger partial charge on any atom is 0.345 e. The number of rotatable bonds is 7. The molecule has 0 fully saturated rings. The van der Waals surface area contributed by atoms with Crippen LogP contribution in [0.3, 0.4) is 0 Å². The average molecular weight is 438 g/mol. The van der Waals surface area contributed by atoms with Crippen LogP contribution >= 0.6 is 35.4 Å². The molecule has 0 aromatic heterocycles. The van der Waals surface area contributed by atoms with Gasteiger partial charge in [0.15, 0.2) is 16.6 Å². The average Bonchev–Trinajstić information content (AvgIpc) is 2.67. The molecule has 0 aliphatic carbocycles. The van der Waals surface area contributed by atoms with Gasteiger partial charge in [-0.05, 0) is 54.2 Å². The Bertz CT molecular complexity index is 919. The largest absolute Gasteiger partial charge is 0.493 e. The molecule has 0 aliphatic rings. The smallest absolute Gasteiger partial charge is 0.345 e. The maximum absolute atomic E-state index is 12.4. The number of halogens is 2. The van der Waals surface area contributed by atoms with E-state index >= 15 is 0 Å². The highest BCUT2D eigenvalue weighted by Gasteiger charge is 2.16. The zero-order chi connectivity index (χ0) is 20.5. The second kappa shape index (κ2) is 10.7. The first-order valence-electron chi connectivity index (χ1n) is 7.97. The van der Waals surface area contributed by atoms with Crippen LogP contribution in [0.1, 0.15) is 15.9 Å². The Kier molecular flexibility index (Phi) is 8.25. The minimum atomic E-state index is -0.623. The summed E-state index contributed by atoms with van der Waals surface area (Å²) in [6.07, 6.45) is 3.23. The second-order valence-corrected chi connectivity index (χ2v) is 6.54. The van der Waals surface area contributed by atoms with Crippen LogP contribution < -0.4 is 20.2 Å². The van der Waals surface area contributed by atoms with Gasteiger partial charge in [-0.25, -0.2) is 4.79 Å². The lowest BCUT2D eigenvalue weighted by Gasteiger charge is -2.11. The van der Waals surface area contributed by atoms with E-state index in [1.807, 2.05) is 0 Å². The van der Waals surface area contributed by atoms with E-state index in [1.165, 1.54) is 19.2 Å². The molecule has 0 aliphatic heterocycles. The summed E-state index contributed by atoms with van der Waals surface area (Å²) < 4.78 is 10.7. The van der Waals surface area contributed by atoms with Gasteiger partial charge < -0.3 is 14.8 Å². The Morgan fingerprint density at radius 2 is 2.04 bits per heavy atom. The van der Waals surface area contributed by atoms with Gasteiger partial charge in [-0.3, -0.25) is 5.43 Å². The standard InChI is InChI=1S/C19H17Cl2N3O3S/c1-3-8-22-19(28)24-23-11-12-4-7-16(17(9-12)26-2)27-18(25)14-6-5-13(20)10-15(14)21/h3-7,9-11H,1,8H2,2H3,(H2,22,24,28). The highest BCUT2D eigenvalue weighted by Crippen LogP contribution is 2.29. The number of hydrogen-bond donors (Lipinski definition) is 2. The molecule has 0 unspecified atom stereocenters. The minimum absolute atomic E-state index is 0.198. The molecule has 2 aromatic carbocycles. The van der Waals surface area contributed by atoms with Crippen LogP contribution in [-0.4, -0.2) is 31.0 Å². The van der Waals surface area contributed by atoms with Crippen molar-refractivity contribution in [2.24, 2.45) is 5.10 Å². The maximum atomic E-state index is 12.4. The number of esters is 1. The summed E-state index contributed by atoms with van der Waals surface area (Å²) in [7, 11) is 1.47. The Morgan fingerprint density at radius 1 is 1.25 bits per heavy atom. The number of carbonyl (C=O) groups is 1. The molecule has 28 heavy (non-hydrogen) atoms. The lowest BCUT2D eigenvalue weighted by molar-refractivity contribution is 0.0730. The van der Waals surface area contributed by atoms with Crippen LogP contribution in [0.25, 0.3) is 0 Å². The second-order valence-electron chi connectivity index (χ2n) is 5.29. The summed E-state index contributed by atoms with van der Waals surface area (Å²) in [4.78, 5) is 12.4. The predicted molar refractivity (Wildman–Crippen MR) is 116 cm³/mol. The summed E-state index contributed by atoms with van der Waals surface area (Å²) in [6.45, 7) is 4.12. The van der Waals surface area contributed by atoms with Gasteiger partial charge in [0.05, 0.1) is 23.9 Å². The first kappa shape index (κ1) is 21.7. The number of methoxy groups -OCH3 is 1. The van der Waals surface area contributed by atoms with Crippen molar-refractivity contribution >= 4 is 52.7 Å². The Morgan fingerprint density at radius 3 is 2.71 bits per heavy atom. The van der Waals surface area contributed by atoms with Crippen LogP contribution in [0.2, 0.25) is 10.0 Å². The fraction of sp³-hybridized carbons (Fsp3) is 0.105. The molecule has 0 spiro atoms. The third-order valence-corrected chi connectivity index (χ3v) is 4.11. The fourth-order valence-corrected chi connectivity index (χ4v) is 2.65. The quantitative estimate of drug-likeness (QED) is 0.169. The van der Waals surface area contributed by atoms with Crippen molar-refractivity contribution in [3.05, 3.63) is 70.2 Å². The van der Waals surface area contributed by atoms with Crippen LogP contribution in [0.4, 0.5) is 0 Å². The molecule has 0 saturated heterocycles. The van der Waals surface area contributed by atoms with E-state index in [2.05, 4.69) is 22.4 Å². The van der Waals surface area contributed by atoms with Crippen molar-refractivity contribution in [3.8, 4) is 11.5 Å². The normalized spacial score (nSPS) is 10.4. The number of hydrazone groups is 1. The van der Waals surface area contributed by atoms with Crippen molar-refractivity contribution in [1.82, 2.24) is 10.7 Å². The van der Waals surface area contributed by atoms with E-state index in [0.717, 1.165) is 0 Å². The van der Waals surface area contributed by atoms with Gasteiger partial charge >= 0.3 is 5.97 Å². The monoisotopic (exact) mass is 437 g/mol. The SMILES string of the molecule is C=CCNC(=S)NN=Cc1ccc(OC(=O)c2ccc(Cl)cc2Cl)c(OC)c1. The lowest BCUT2D eigenvalue weighted by atomic mass is 10.2. The molecule has 2 N–H and O–H groups in total. The van der Waals surface area contributed by atoms with Gasteiger partial charge in [-0.1, -0.05) is 29.3 Å². The van der Waals surface area contributed by atoms with E-state index in [0.29, 0.717) is 28.0 Å². The van der Waals surface area contributed by atoms with Crippen LogP contribution in [0, 0.1) is 0 Å². The molecule has 0 saturated carbocycles. The van der Waals surface area contributed by atoms with E-state index in [-0.39, 0.29) is 16.3 Å². The van der Waals surface area contributed by atoms with Crippen molar-refractivity contribution in [2.45, 2.75) is 0 Å². The molecule has 0 radical (unpaired) electrons. The molecule has 146 valence electrons. The molecule has 2 aromatic rings. The summed E-state index contributed by atoms with van der Waals surface area (Å²) in [5.74, 6) is -0.0248. The van der Waals surface area contributed by atoms with Crippen molar-refractivity contribution in [1.29, 1.82) is 0 Å². The number of benzene rings is 2. The van der Waals surface area contributed by atoms with Crippen molar-refractivity contribution in [3.63, 3.8) is 0 Å². The molecular weight excluding hydrogens is 421 g/mol. The van der Waals surface area contributed by atoms with Gasteiger partial charge in [0.1, 0.15) is 0 Å². The van der Waals surface area contributed by atoms with Gasteiger partial charge in [0.25, 0.3) is 0 Å². The zero-order valence-corrected chi connectivity index (χ0v) is 17.2. The number of carbonyl (C=O) groups excluding carboxylic acids is 1. The Labute approximate surface area is 178 Å². The fourth-order valence-electron chi connectivity index (χ4n) is 2.03. The van der Waals surface area contributed by atoms with Crippen molar-refractivity contribution in [2.75, 3.05) is 13.7 Å². The highest BCUT2D eigenvalue weighted by molar-refractivity contribution is 7.80. The van der Waals surface area contributed by atoms with Crippen LogP contribution in [-0.2, 0) is 0 Å². The summed E-state index contributed by atoms with van der Waals surface area (Å²) in [5, 5.41) is 7.90. The van der Waals surface area contributed by atoms with E-state index in [9.17, 15) is 4.79 Å². The molecule has 6 nitrogen and oxygen atoms in total. The number of nitrogens with zero attached hydrogens (tertiary/aromatic N) is 1. The third-order valence-electron chi connectivity index (χ3n) is 3.33. The lowest BCUT2D eigenvalue weighted by Crippen LogP contribution is -2.31. The summed E-state index contributed by atoms with van der Waals surface area (Å²) >= 11 is 16.9. The predicted octanol–water partition coefficient (Wildman–Crippen LogP) is 4.21. The third kappa shape index (κ3) is 6.23. The first-order valence-corrected chi connectivity index (χ1v) is 9.14. The number of ether oxygens (including phenoxy) is 2. The minimum Gasteiger partial charge on any atom is -0.493 e. The number of nitrogens with one attached hydrogen (secondary N) is 2. The summed E-state index contributed by atoms with van der Waals surface area (Å²) in [6, 6.07) is 9.49. The molecule has 0 atom stereocenters. The topological polar surface area (TPSA) is 72.0 Å². The number of hydrogen-bond acceptors (Lipinski definition) is 5. The zero-order valence-electron chi connectivity index (χ0n) is 14.9. The first-order chi connectivity index (χ1) is 13.4. The van der Waals surface area contributed by atoms with Gasteiger partial charge in [0.2, 0.25) is 0 Å². The molecular formula is C19H17Cl2N3O3S. The molecule has 0 amide bonds. The molecule has 2 rings (SSSR count). The van der Waals surface area contributed by atoms with Gasteiger partial charge in [0, 0.05) is 11.6 Å². The number of thiocarbonyl (C=S) groups is 1. The van der Waals surface area contributed by atoms with Crippen molar-refractivity contribution < 1.29 is 14.3 Å². The molecule has 0 heterocycles. The van der Waals surface area contributed by atoms with Gasteiger partial charge in [-0.15, -0.1) is 6.58 Å². The van der Waals surface area contributed by atoms with Crippen LogP contribution in [0.5, 0.6) is 11.5 Å². The van der Waals surface area contributed by atoms with E-state index in [1.54, 1.807) is 36.6 Å². The highest BCUT2D eigenvalue weighted by atomic mass is 35.5.